The monoisotopic (exact) mass is 291 g/mol. The maximum absolute atomic E-state index is 12.5. The van der Waals surface area contributed by atoms with Gasteiger partial charge < -0.3 is 9.47 Å². The molecule has 8 nitrogen and oxygen atoms in total. The highest BCUT2D eigenvalue weighted by molar-refractivity contribution is 5.77. The Hall–Kier alpha value is -2.38. The molecule has 0 aliphatic carbocycles. The van der Waals surface area contributed by atoms with Crippen molar-refractivity contribution >= 4 is 17.1 Å². The Morgan fingerprint density at radius 2 is 1.90 bits per heavy atom. The Morgan fingerprint density at radius 1 is 1.24 bits per heavy atom. The topological polar surface area (TPSA) is 82.1 Å². The second-order valence-corrected chi connectivity index (χ2v) is 5.35. The lowest BCUT2D eigenvalue weighted by Crippen LogP contribution is -2.44. The van der Waals surface area contributed by atoms with E-state index >= 15 is 0 Å². The van der Waals surface area contributed by atoms with E-state index in [1.54, 1.807) is 23.6 Å². The van der Waals surface area contributed by atoms with E-state index in [2.05, 4.69) is 4.98 Å². The van der Waals surface area contributed by atoms with Crippen molar-refractivity contribution in [3.05, 3.63) is 27.2 Å². The summed E-state index contributed by atoms with van der Waals surface area (Å²) in [4.78, 5) is 42.7. The van der Waals surface area contributed by atoms with Gasteiger partial charge in [0.05, 0.1) is 6.33 Å². The fourth-order valence-electron chi connectivity index (χ4n) is 2.74. The predicted molar refractivity (Wildman–Crippen MR) is 76.0 cm³/mol. The Morgan fingerprint density at radius 3 is 2.57 bits per heavy atom. The molecular weight excluding hydrogens is 274 g/mol. The van der Waals surface area contributed by atoms with E-state index in [9.17, 15) is 14.4 Å². The van der Waals surface area contributed by atoms with Crippen molar-refractivity contribution in [2.24, 2.45) is 14.1 Å². The molecule has 0 bridgehead atoms. The molecule has 112 valence electrons. The van der Waals surface area contributed by atoms with Crippen LogP contribution in [0.5, 0.6) is 0 Å². The van der Waals surface area contributed by atoms with E-state index in [-0.39, 0.29) is 12.5 Å². The van der Waals surface area contributed by atoms with Crippen LogP contribution in [0.15, 0.2) is 15.9 Å². The summed E-state index contributed by atoms with van der Waals surface area (Å²) in [6.45, 7) is 1.18. The maximum Gasteiger partial charge on any atom is 0.332 e. The van der Waals surface area contributed by atoms with Crippen molar-refractivity contribution in [3.8, 4) is 0 Å². The zero-order valence-electron chi connectivity index (χ0n) is 12.1. The van der Waals surface area contributed by atoms with Gasteiger partial charge in [0.1, 0.15) is 6.54 Å². The number of hydrogen-bond acceptors (Lipinski definition) is 4. The van der Waals surface area contributed by atoms with Crippen LogP contribution in [0.1, 0.15) is 12.8 Å². The maximum atomic E-state index is 12.5. The molecule has 0 N–H and O–H groups in total. The molecule has 1 fully saturated rings. The van der Waals surface area contributed by atoms with Crippen LogP contribution in [0.2, 0.25) is 0 Å². The van der Waals surface area contributed by atoms with Gasteiger partial charge in [-0.05, 0) is 12.8 Å². The predicted octanol–water partition coefficient (Wildman–Crippen LogP) is -0.944. The number of aryl methyl sites for hydroxylation is 2. The number of aromatic nitrogens is 4. The molecule has 2 aromatic heterocycles. The summed E-state index contributed by atoms with van der Waals surface area (Å²) in [6, 6.07) is 0. The van der Waals surface area contributed by atoms with E-state index in [1.165, 1.54) is 10.9 Å². The van der Waals surface area contributed by atoms with Crippen LogP contribution in [0.3, 0.4) is 0 Å². The molecule has 1 amide bonds. The van der Waals surface area contributed by atoms with Gasteiger partial charge in [0.2, 0.25) is 5.91 Å². The summed E-state index contributed by atoms with van der Waals surface area (Å²) in [5, 5.41) is 0. The van der Waals surface area contributed by atoms with Crippen molar-refractivity contribution in [2.45, 2.75) is 19.4 Å². The first kappa shape index (κ1) is 13.6. The third-order valence-electron chi connectivity index (χ3n) is 3.95. The fourth-order valence-corrected chi connectivity index (χ4v) is 2.74. The smallest absolute Gasteiger partial charge is 0.332 e. The van der Waals surface area contributed by atoms with Crippen LogP contribution in [0.25, 0.3) is 11.2 Å². The largest absolute Gasteiger partial charge is 0.341 e. The fraction of sp³-hybridized carbons (Fsp3) is 0.538. The number of nitrogens with zero attached hydrogens (tertiary/aromatic N) is 5. The first-order valence-corrected chi connectivity index (χ1v) is 6.89. The Balaban J connectivity index is 2.10. The van der Waals surface area contributed by atoms with Crippen molar-refractivity contribution in [1.82, 2.24) is 23.6 Å². The second-order valence-electron chi connectivity index (χ2n) is 5.35. The van der Waals surface area contributed by atoms with Crippen LogP contribution >= 0.6 is 0 Å². The molecule has 0 aromatic carbocycles. The average molecular weight is 291 g/mol. The van der Waals surface area contributed by atoms with Gasteiger partial charge in [-0.25, -0.2) is 14.3 Å². The highest BCUT2D eigenvalue weighted by atomic mass is 16.2. The van der Waals surface area contributed by atoms with E-state index < -0.39 is 11.2 Å². The van der Waals surface area contributed by atoms with Crippen LogP contribution in [0, 0.1) is 0 Å². The standard InChI is InChI=1S/C13H17N5O3/c1-15-8-14-11-10(15)12(20)18(13(21)16(11)2)7-9(19)17-5-3-4-6-17/h8H,3-7H2,1-2H3. The molecule has 8 heteroatoms. The third kappa shape index (κ3) is 2.07. The number of carbonyl (C=O) groups excluding carboxylic acids is 1. The summed E-state index contributed by atoms with van der Waals surface area (Å²) in [7, 11) is 3.24. The average Bonchev–Trinajstić information content (AvgIpc) is 3.10. The van der Waals surface area contributed by atoms with Crippen molar-refractivity contribution in [2.75, 3.05) is 13.1 Å². The molecule has 0 unspecified atom stereocenters. The normalized spacial score (nSPS) is 15.0. The zero-order valence-corrected chi connectivity index (χ0v) is 12.1. The number of carbonyl (C=O) groups is 1. The Kier molecular flexibility index (Phi) is 3.15. The van der Waals surface area contributed by atoms with Gasteiger partial charge >= 0.3 is 5.69 Å². The van der Waals surface area contributed by atoms with E-state index in [0.717, 1.165) is 17.4 Å². The van der Waals surface area contributed by atoms with Crippen LogP contribution in [0.4, 0.5) is 0 Å². The summed E-state index contributed by atoms with van der Waals surface area (Å²) in [6.07, 6.45) is 3.43. The highest BCUT2D eigenvalue weighted by Gasteiger charge is 2.21. The summed E-state index contributed by atoms with van der Waals surface area (Å²) in [5.74, 6) is -0.187. The molecule has 0 atom stereocenters. The molecule has 3 rings (SSSR count). The van der Waals surface area contributed by atoms with Gasteiger partial charge in [0, 0.05) is 27.2 Å². The molecule has 1 aliphatic heterocycles. The van der Waals surface area contributed by atoms with Gasteiger partial charge in [-0.3, -0.25) is 14.2 Å². The van der Waals surface area contributed by atoms with E-state index in [0.29, 0.717) is 24.3 Å². The molecule has 0 saturated carbocycles. The van der Waals surface area contributed by atoms with Crippen molar-refractivity contribution in [3.63, 3.8) is 0 Å². The van der Waals surface area contributed by atoms with Crippen molar-refractivity contribution < 1.29 is 4.79 Å². The van der Waals surface area contributed by atoms with Crippen molar-refractivity contribution in [1.29, 1.82) is 0 Å². The Labute approximate surface area is 120 Å². The molecular formula is C13H17N5O3. The highest BCUT2D eigenvalue weighted by Crippen LogP contribution is 2.08. The molecule has 1 aliphatic rings. The summed E-state index contributed by atoms with van der Waals surface area (Å²) >= 11 is 0. The lowest BCUT2D eigenvalue weighted by atomic mass is 10.4. The number of imidazole rings is 1. The molecule has 0 spiro atoms. The molecule has 0 radical (unpaired) electrons. The number of likely N-dealkylation sites (tertiary alicyclic amines) is 1. The lowest BCUT2D eigenvalue weighted by Gasteiger charge is -2.16. The van der Waals surface area contributed by atoms with Gasteiger partial charge in [-0.1, -0.05) is 0 Å². The molecule has 2 aromatic rings. The molecule has 3 heterocycles. The van der Waals surface area contributed by atoms with Crippen LogP contribution < -0.4 is 11.2 Å². The first-order chi connectivity index (χ1) is 10.0. The zero-order chi connectivity index (χ0) is 15.1. The van der Waals surface area contributed by atoms with E-state index in [1.807, 2.05) is 0 Å². The first-order valence-electron chi connectivity index (χ1n) is 6.89. The van der Waals surface area contributed by atoms with Crippen LogP contribution in [-0.2, 0) is 25.4 Å². The summed E-state index contributed by atoms with van der Waals surface area (Å²) < 4.78 is 3.85. The molecule has 1 saturated heterocycles. The van der Waals surface area contributed by atoms with E-state index in [4.69, 9.17) is 0 Å². The number of rotatable bonds is 2. The Bertz CT molecular complexity index is 823. The van der Waals surface area contributed by atoms with Gasteiger partial charge in [-0.15, -0.1) is 0 Å². The summed E-state index contributed by atoms with van der Waals surface area (Å²) in [5.41, 5.74) is -0.330. The van der Waals surface area contributed by atoms with Crippen LogP contribution in [-0.4, -0.2) is 42.6 Å². The number of amides is 1. The minimum Gasteiger partial charge on any atom is -0.341 e. The van der Waals surface area contributed by atoms with Gasteiger partial charge in [0.15, 0.2) is 11.2 Å². The van der Waals surface area contributed by atoms with Gasteiger partial charge in [0.25, 0.3) is 5.56 Å². The quantitative estimate of drug-likeness (QED) is 0.715. The minimum absolute atomic E-state index is 0.187. The number of fused-ring (bicyclic) bond motifs is 1. The molecule has 21 heavy (non-hydrogen) atoms. The van der Waals surface area contributed by atoms with Gasteiger partial charge in [-0.2, -0.15) is 0 Å². The SMILES string of the molecule is Cn1cnc2c1c(=O)n(CC(=O)N1CCCC1)c(=O)n2C. The number of hydrogen-bond donors (Lipinski definition) is 0. The lowest BCUT2D eigenvalue weighted by molar-refractivity contribution is -0.130. The third-order valence-corrected chi connectivity index (χ3v) is 3.95. The second kappa shape index (κ2) is 4.87. The minimum atomic E-state index is -0.515.